The van der Waals surface area contributed by atoms with Gasteiger partial charge in [-0.3, -0.25) is 0 Å². The SMILES string of the molecule is CC[C@@H](OC(=S)SC)[C@H]1CC[C@]2(O)[C@@H]3CC[C@@H]4C[C@@H](O[Si](C)(C)C(C)(C)C)CC[C@]4(C)[C@H]3CC[C@]12C. The van der Waals surface area contributed by atoms with Gasteiger partial charge < -0.3 is 14.3 Å². The molecule has 0 amide bonds. The van der Waals surface area contributed by atoms with E-state index in [0.29, 0.717) is 33.7 Å². The second-order valence-electron chi connectivity index (χ2n) is 14.8. The number of aliphatic hydroxyl groups is 1. The van der Waals surface area contributed by atoms with E-state index in [1.807, 2.05) is 6.26 Å². The Kier molecular flexibility index (Phi) is 8.23. The van der Waals surface area contributed by atoms with E-state index in [4.69, 9.17) is 21.4 Å². The highest BCUT2D eigenvalue weighted by molar-refractivity contribution is 8.22. The number of fused-ring (bicyclic) bond motifs is 5. The number of thiocarbonyl (C=S) groups is 1. The largest absolute Gasteiger partial charge is 0.475 e. The lowest BCUT2D eigenvalue weighted by molar-refractivity contribution is -0.214. The molecule has 6 heteroatoms. The van der Waals surface area contributed by atoms with Crippen LogP contribution < -0.4 is 0 Å². The predicted octanol–water partition coefficient (Wildman–Crippen LogP) is 8.59. The molecule has 4 saturated carbocycles. The van der Waals surface area contributed by atoms with Gasteiger partial charge in [-0.05, 0) is 124 Å². The molecule has 0 saturated heterocycles. The molecule has 0 unspecified atom stereocenters. The monoisotopic (exact) mass is 554 g/mol. The third-order valence-corrected chi connectivity index (χ3v) is 18.0. The van der Waals surface area contributed by atoms with Gasteiger partial charge >= 0.3 is 0 Å². The first-order valence-electron chi connectivity index (χ1n) is 14.8. The summed E-state index contributed by atoms with van der Waals surface area (Å²) in [6.45, 7) is 19.1. The summed E-state index contributed by atoms with van der Waals surface area (Å²) < 4.78 is 13.9. The number of thioether (sulfide) groups is 1. The van der Waals surface area contributed by atoms with Crippen LogP contribution in [-0.2, 0) is 9.16 Å². The first kappa shape index (κ1) is 29.4. The topological polar surface area (TPSA) is 38.7 Å². The summed E-state index contributed by atoms with van der Waals surface area (Å²) in [5, 5.41) is 12.8. The Bertz CT molecular complexity index is 828. The van der Waals surface area contributed by atoms with Crippen molar-refractivity contribution in [1.82, 2.24) is 0 Å². The van der Waals surface area contributed by atoms with Gasteiger partial charge in [-0.15, -0.1) is 0 Å². The van der Waals surface area contributed by atoms with E-state index in [1.54, 1.807) is 0 Å². The van der Waals surface area contributed by atoms with Crippen LogP contribution in [0.3, 0.4) is 0 Å². The lowest BCUT2D eigenvalue weighted by Crippen LogP contribution is -2.63. The van der Waals surface area contributed by atoms with Crippen LogP contribution in [0.1, 0.15) is 106 Å². The first-order chi connectivity index (χ1) is 16.6. The summed E-state index contributed by atoms with van der Waals surface area (Å²) in [7, 11) is -1.75. The van der Waals surface area contributed by atoms with Gasteiger partial charge in [0.25, 0.3) is 0 Å². The van der Waals surface area contributed by atoms with E-state index in [0.717, 1.165) is 31.6 Å². The van der Waals surface area contributed by atoms with Gasteiger partial charge in [0.05, 0.1) is 5.60 Å². The minimum Gasteiger partial charge on any atom is -0.475 e. The number of hydrogen-bond acceptors (Lipinski definition) is 5. The van der Waals surface area contributed by atoms with Crippen molar-refractivity contribution in [1.29, 1.82) is 0 Å². The zero-order valence-electron chi connectivity index (χ0n) is 24.6. The van der Waals surface area contributed by atoms with E-state index >= 15 is 0 Å². The molecule has 36 heavy (non-hydrogen) atoms. The molecule has 0 aromatic carbocycles. The average molecular weight is 555 g/mol. The molecule has 0 aromatic heterocycles. The maximum atomic E-state index is 12.6. The molecule has 0 bridgehead atoms. The summed E-state index contributed by atoms with van der Waals surface area (Å²) in [6, 6.07) is 0. The molecular weight excluding hydrogens is 501 g/mol. The first-order valence-corrected chi connectivity index (χ1v) is 19.3. The number of hydrogen-bond donors (Lipinski definition) is 1. The average Bonchev–Trinajstić information content (AvgIpc) is 3.07. The van der Waals surface area contributed by atoms with Crippen molar-refractivity contribution in [2.45, 2.75) is 142 Å². The van der Waals surface area contributed by atoms with E-state index < -0.39 is 13.9 Å². The maximum Gasteiger partial charge on any atom is 0.219 e. The zero-order valence-corrected chi connectivity index (χ0v) is 27.2. The molecule has 0 spiro atoms. The van der Waals surface area contributed by atoms with Gasteiger partial charge in [-0.25, -0.2) is 0 Å². The van der Waals surface area contributed by atoms with Gasteiger partial charge in [0.2, 0.25) is 4.38 Å². The molecule has 208 valence electrons. The van der Waals surface area contributed by atoms with Gasteiger partial charge in [0.1, 0.15) is 6.10 Å². The quantitative estimate of drug-likeness (QED) is 0.272. The fourth-order valence-electron chi connectivity index (χ4n) is 9.15. The molecule has 1 N–H and O–H groups in total. The Labute approximate surface area is 232 Å². The van der Waals surface area contributed by atoms with Crippen LogP contribution in [0.25, 0.3) is 0 Å². The number of ether oxygens (including phenoxy) is 1. The number of rotatable bonds is 5. The van der Waals surface area contributed by atoms with Crippen LogP contribution in [-0.4, -0.2) is 41.9 Å². The van der Waals surface area contributed by atoms with Crippen LogP contribution in [0.4, 0.5) is 0 Å². The minimum atomic E-state index is -1.75. The van der Waals surface area contributed by atoms with Crippen molar-refractivity contribution >= 4 is 36.7 Å². The molecule has 4 aliphatic rings. The third-order valence-electron chi connectivity index (χ3n) is 12.4. The van der Waals surface area contributed by atoms with Crippen LogP contribution in [0.15, 0.2) is 0 Å². The minimum absolute atomic E-state index is 0.0747. The summed E-state index contributed by atoms with van der Waals surface area (Å²) >= 11 is 6.98. The second kappa shape index (κ2) is 10.1. The summed E-state index contributed by atoms with van der Waals surface area (Å²) in [6.07, 6.45) is 14.0. The van der Waals surface area contributed by atoms with Crippen molar-refractivity contribution in [3.63, 3.8) is 0 Å². The molecule has 4 aliphatic carbocycles. The Morgan fingerprint density at radius 1 is 1.06 bits per heavy atom. The highest BCUT2D eigenvalue weighted by atomic mass is 32.2. The van der Waals surface area contributed by atoms with E-state index in [1.165, 1.54) is 50.3 Å². The highest BCUT2D eigenvalue weighted by Crippen LogP contribution is 2.69. The fourth-order valence-corrected chi connectivity index (χ4v) is 10.9. The van der Waals surface area contributed by atoms with Gasteiger partial charge in [0.15, 0.2) is 8.32 Å². The Hall–Kier alpha value is 0.377. The molecule has 4 fully saturated rings. The van der Waals surface area contributed by atoms with Crippen LogP contribution in [0.2, 0.25) is 18.1 Å². The summed E-state index contributed by atoms with van der Waals surface area (Å²) in [5.41, 5.74) is -0.304. The third kappa shape index (κ3) is 4.69. The smallest absolute Gasteiger partial charge is 0.219 e. The Balaban J connectivity index is 1.51. The van der Waals surface area contributed by atoms with Gasteiger partial charge in [-0.2, -0.15) is 0 Å². The molecule has 0 aliphatic heterocycles. The second-order valence-corrected chi connectivity index (χ2v) is 21.0. The van der Waals surface area contributed by atoms with Crippen molar-refractivity contribution < 1.29 is 14.3 Å². The molecular formula is C30H54O3S2Si. The van der Waals surface area contributed by atoms with Crippen molar-refractivity contribution in [3.05, 3.63) is 0 Å². The predicted molar refractivity (Wildman–Crippen MR) is 160 cm³/mol. The fraction of sp³-hybridized carbons (Fsp3) is 0.967. The molecule has 4 rings (SSSR count). The Morgan fingerprint density at radius 3 is 2.36 bits per heavy atom. The van der Waals surface area contributed by atoms with E-state index in [2.05, 4.69) is 54.6 Å². The normalized spacial score (nSPS) is 43.8. The standard InChI is InChI=1S/C30H54O3S2Si/c1-10-25(32-26(34)35-7)24-15-18-30(31)23-12-11-20-19-21(33-36(8,9)27(2,3)4)13-16-28(20,5)22(23)14-17-29(24,30)6/h20-25,31H,10-19H2,1-9H3/t20-,21+,22+,23-,24-,25-,28+,29-,30+/m1/s1. The molecule has 9 atom stereocenters. The van der Waals surface area contributed by atoms with Crippen molar-refractivity contribution in [3.8, 4) is 0 Å². The van der Waals surface area contributed by atoms with Crippen molar-refractivity contribution in [2.24, 2.45) is 34.5 Å². The summed E-state index contributed by atoms with van der Waals surface area (Å²) in [4.78, 5) is 0. The Morgan fingerprint density at radius 2 is 1.75 bits per heavy atom. The lowest BCUT2D eigenvalue weighted by atomic mass is 9.43. The van der Waals surface area contributed by atoms with E-state index in [-0.39, 0.29) is 16.6 Å². The van der Waals surface area contributed by atoms with E-state index in [9.17, 15) is 5.11 Å². The summed E-state index contributed by atoms with van der Waals surface area (Å²) in [5.74, 6) is 2.18. The molecule has 0 radical (unpaired) electrons. The molecule has 0 aromatic rings. The lowest BCUT2D eigenvalue weighted by Gasteiger charge is -2.64. The zero-order chi connectivity index (χ0) is 26.7. The highest BCUT2D eigenvalue weighted by Gasteiger charge is 2.68. The maximum absolute atomic E-state index is 12.6. The van der Waals surface area contributed by atoms with Gasteiger partial charge in [-0.1, -0.05) is 53.3 Å². The van der Waals surface area contributed by atoms with Crippen LogP contribution in [0.5, 0.6) is 0 Å². The molecule has 0 heterocycles. The van der Waals surface area contributed by atoms with Crippen LogP contribution in [0, 0.1) is 34.5 Å². The van der Waals surface area contributed by atoms with Gasteiger partial charge in [0, 0.05) is 17.4 Å². The van der Waals surface area contributed by atoms with Crippen molar-refractivity contribution in [2.75, 3.05) is 6.26 Å². The molecule has 3 nitrogen and oxygen atoms in total. The van der Waals surface area contributed by atoms with Crippen LogP contribution >= 0.6 is 24.0 Å².